The molecule has 0 saturated heterocycles. The Kier molecular flexibility index (Phi) is 4.92. The third-order valence-corrected chi connectivity index (χ3v) is 3.36. The van der Waals surface area contributed by atoms with E-state index in [1.54, 1.807) is 23.1 Å². The highest BCUT2D eigenvalue weighted by atomic mass is 16.1. The summed E-state index contributed by atoms with van der Waals surface area (Å²) in [6, 6.07) is 3.59. The summed E-state index contributed by atoms with van der Waals surface area (Å²) in [5.41, 5.74) is 2.62. The van der Waals surface area contributed by atoms with Crippen molar-refractivity contribution in [3.05, 3.63) is 41.3 Å². The summed E-state index contributed by atoms with van der Waals surface area (Å²) in [6.45, 7) is 5.41. The van der Waals surface area contributed by atoms with E-state index in [1.807, 2.05) is 20.0 Å². The highest BCUT2D eigenvalue weighted by Crippen LogP contribution is 2.07. The second-order valence-electron chi connectivity index (χ2n) is 4.92. The van der Waals surface area contributed by atoms with Crippen LogP contribution in [0.2, 0.25) is 0 Å². The molecule has 2 heterocycles. The molecular weight excluding hydrogens is 266 g/mol. The van der Waals surface area contributed by atoms with Crippen LogP contribution in [0.15, 0.2) is 24.5 Å². The Balaban J connectivity index is 1.92. The van der Waals surface area contributed by atoms with Crippen molar-refractivity contribution in [3.8, 4) is 0 Å². The van der Waals surface area contributed by atoms with E-state index in [0.717, 1.165) is 30.0 Å². The molecule has 0 aromatic carbocycles. The predicted molar refractivity (Wildman–Crippen MR) is 82.1 cm³/mol. The maximum Gasteiger partial charge on any atom is 0.253 e. The third kappa shape index (κ3) is 3.81. The molecule has 0 unspecified atom stereocenters. The van der Waals surface area contributed by atoms with Crippen molar-refractivity contribution in [2.24, 2.45) is 7.05 Å². The van der Waals surface area contributed by atoms with Gasteiger partial charge in [0.05, 0.1) is 11.8 Å². The summed E-state index contributed by atoms with van der Waals surface area (Å²) >= 11 is 0. The van der Waals surface area contributed by atoms with E-state index in [0.29, 0.717) is 12.1 Å². The molecule has 6 nitrogen and oxygen atoms in total. The maximum absolute atomic E-state index is 12.1. The van der Waals surface area contributed by atoms with E-state index in [-0.39, 0.29) is 5.91 Å². The summed E-state index contributed by atoms with van der Waals surface area (Å²) in [6.07, 6.45) is 4.39. The number of amides is 1. The Morgan fingerprint density at radius 1 is 1.33 bits per heavy atom. The van der Waals surface area contributed by atoms with Crippen LogP contribution >= 0.6 is 0 Å². The van der Waals surface area contributed by atoms with Gasteiger partial charge < -0.3 is 10.6 Å². The van der Waals surface area contributed by atoms with E-state index in [2.05, 4.69) is 27.6 Å². The Hall–Kier alpha value is -2.37. The normalized spacial score (nSPS) is 10.4. The van der Waals surface area contributed by atoms with Crippen LogP contribution in [0.25, 0.3) is 0 Å². The van der Waals surface area contributed by atoms with Gasteiger partial charge in [-0.2, -0.15) is 5.10 Å². The van der Waals surface area contributed by atoms with Crippen molar-refractivity contribution in [2.45, 2.75) is 26.8 Å². The Bertz CT molecular complexity index is 603. The second-order valence-corrected chi connectivity index (χ2v) is 4.92. The molecule has 0 aliphatic carbocycles. The molecule has 6 heteroatoms. The average Bonchev–Trinajstić information content (AvgIpc) is 2.83. The van der Waals surface area contributed by atoms with Crippen molar-refractivity contribution in [1.29, 1.82) is 0 Å². The van der Waals surface area contributed by atoms with Gasteiger partial charge in [-0.1, -0.05) is 6.92 Å². The fourth-order valence-electron chi connectivity index (χ4n) is 1.88. The van der Waals surface area contributed by atoms with Crippen LogP contribution < -0.4 is 10.6 Å². The standard InChI is InChI=1S/C15H21N5O/c1-4-7-16-14-6-5-12(8-17-14)15(21)18-9-13-10-19-20(3)11(13)2/h5-6,8,10H,4,7,9H2,1-3H3,(H,16,17)(H,18,21). The molecule has 2 aromatic rings. The number of carbonyl (C=O) groups excluding carboxylic acids is 1. The number of aryl methyl sites for hydroxylation is 1. The molecule has 0 atom stereocenters. The Morgan fingerprint density at radius 3 is 2.71 bits per heavy atom. The molecule has 2 rings (SSSR count). The first-order valence-electron chi connectivity index (χ1n) is 7.07. The van der Waals surface area contributed by atoms with Crippen molar-refractivity contribution in [1.82, 2.24) is 20.1 Å². The van der Waals surface area contributed by atoms with Gasteiger partial charge in [-0.15, -0.1) is 0 Å². The highest BCUT2D eigenvalue weighted by molar-refractivity contribution is 5.94. The minimum Gasteiger partial charge on any atom is -0.370 e. The van der Waals surface area contributed by atoms with Crippen LogP contribution in [0.3, 0.4) is 0 Å². The van der Waals surface area contributed by atoms with Crippen LogP contribution in [0, 0.1) is 6.92 Å². The van der Waals surface area contributed by atoms with E-state index < -0.39 is 0 Å². The molecule has 0 spiro atoms. The van der Waals surface area contributed by atoms with Gasteiger partial charge in [0, 0.05) is 37.6 Å². The zero-order chi connectivity index (χ0) is 15.2. The van der Waals surface area contributed by atoms with Gasteiger partial charge in [0.2, 0.25) is 0 Å². The number of nitrogens with zero attached hydrogens (tertiary/aromatic N) is 3. The highest BCUT2D eigenvalue weighted by Gasteiger charge is 2.08. The van der Waals surface area contributed by atoms with E-state index in [4.69, 9.17) is 0 Å². The molecule has 0 aliphatic heterocycles. The molecule has 2 aromatic heterocycles. The van der Waals surface area contributed by atoms with Gasteiger partial charge in [0.15, 0.2) is 0 Å². The first-order chi connectivity index (χ1) is 10.1. The second kappa shape index (κ2) is 6.88. The number of rotatable bonds is 6. The van der Waals surface area contributed by atoms with Crippen LogP contribution in [0.5, 0.6) is 0 Å². The topological polar surface area (TPSA) is 71.8 Å². The molecule has 0 aliphatic rings. The Labute approximate surface area is 124 Å². The largest absolute Gasteiger partial charge is 0.370 e. The lowest BCUT2D eigenvalue weighted by molar-refractivity contribution is 0.0950. The van der Waals surface area contributed by atoms with Crippen LogP contribution in [-0.2, 0) is 13.6 Å². The first kappa shape index (κ1) is 15.0. The maximum atomic E-state index is 12.1. The van der Waals surface area contributed by atoms with Gasteiger partial charge in [0.1, 0.15) is 5.82 Å². The molecule has 112 valence electrons. The lowest BCUT2D eigenvalue weighted by Crippen LogP contribution is -2.23. The van der Waals surface area contributed by atoms with Crippen LogP contribution in [0.4, 0.5) is 5.82 Å². The lowest BCUT2D eigenvalue weighted by Gasteiger charge is -2.07. The summed E-state index contributed by atoms with van der Waals surface area (Å²) < 4.78 is 1.79. The number of hydrogen-bond donors (Lipinski definition) is 2. The number of pyridine rings is 1. The first-order valence-corrected chi connectivity index (χ1v) is 7.07. The fraction of sp³-hybridized carbons (Fsp3) is 0.400. The zero-order valence-electron chi connectivity index (χ0n) is 12.7. The lowest BCUT2D eigenvalue weighted by atomic mass is 10.2. The number of nitrogens with one attached hydrogen (secondary N) is 2. The molecule has 1 amide bonds. The molecule has 0 radical (unpaired) electrons. The monoisotopic (exact) mass is 287 g/mol. The van der Waals surface area contributed by atoms with Gasteiger partial charge >= 0.3 is 0 Å². The molecule has 21 heavy (non-hydrogen) atoms. The van der Waals surface area contributed by atoms with Gasteiger partial charge in [-0.3, -0.25) is 9.48 Å². The smallest absolute Gasteiger partial charge is 0.253 e. The summed E-state index contributed by atoms with van der Waals surface area (Å²) in [7, 11) is 1.88. The SMILES string of the molecule is CCCNc1ccc(C(=O)NCc2cnn(C)c2C)cn1. The summed E-state index contributed by atoms with van der Waals surface area (Å²) in [5, 5.41) is 10.2. The van der Waals surface area contributed by atoms with E-state index in [1.165, 1.54) is 0 Å². The van der Waals surface area contributed by atoms with Crippen LogP contribution in [0.1, 0.15) is 35.0 Å². The van der Waals surface area contributed by atoms with E-state index in [9.17, 15) is 4.79 Å². The molecule has 2 N–H and O–H groups in total. The number of hydrogen-bond acceptors (Lipinski definition) is 4. The van der Waals surface area contributed by atoms with Crippen molar-refractivity contribution < 1.29 is 4.79 Å². The zero-order valence-corrected chi connectivity index (χ0v) is 12.7. The predicted octanol–water partition coefficient (Wildman–Crippen LogP) is 1.88. The fourth-order valence-corrected chi connectivity index (χ4v) is 1.88. The minimum absolute atomic E-state index is 0.132. The van der Waals surface area contributed by atoms with Gasteiger partial charge in [-0.05, 0) is 25.5 Å². The number of anilines is 1. The molecule has 0 bridgehead atoms. The number of aromatic nitrogens is 3. The Morgan fingerprint density at radius 2 is 2.14 bits per heavy atom. The summed E-state index contributed by atoms with van der Waals surface area (Å²) in [5.74, 6) is 0.657. The average molecular weight is 287 g/mol. The molecular formula is C15H21N5O. The minimum atomic E-state index is -0.132. The van der Waals surface area contributed by atoms with Gasteiger partial charge in [0.25, 0.3) is 5.91 Å². The van der Waals surface area contributed by atoms with Crippen LogP contribution in [-0.4, -0.2) is 27.2 Å². The number of carbonyl (C=O) groups is 1. The third-order valence-electron chi connectivity index (χ3n) is 3.36. The van der Waals surface area contributed by atoms with Gasteiger partial charge in [-0.25, -0.2) is 4.98 Å². The van der Waals surface area contributed by atoms with Crippen molar-refractivity contribution in [3.63, 3.8) is 0 Å². The quantitative estimate of drug-likeness (QED) is 0.851. The molecule has 0 fully saturated rings. The van der Waals surface area contributed by atoms with Crippen molar-refractivity contribution >= 4 is 11.7 Å². The van der Waals surface area contributed by atoms with E-state index >= 15 is 0 Å². The molecule has 0 saturated carbocycles. The van der Waals surface area contributed by atoms with Crippen molar-refractivity contribution in [2.75, 3.05) is 11.9 Å². The summed E-state index contributed by atoms with van der Waals surface area (Å²) in [4.78, 5) is 16.3.